The second-order valence-electron chi connectivity index (χ2n) is 9.75. The van der Waals surface area contributed by atoms with Gasteiger partial charge in [-0.2, -0.15) is 11.8 Å². The predicted molar refractivity (Wildman–Crippen MR) is 128 cm³/mol. The van der Waals surface area contributed by atoms with Crippen molar-refractivity contribution in [1.29, 1.82) is 0 Å². The fraction of sp³-hybridized carbons (Fsp3) is 0.960. The van der Waals surface area contributed by atoms with Gasteiger partial charge >= 0.3 is 5.97 Å². The number of thioether (sulfide) groups is 1. The van der Waals surface area contributed by atoms with Gasteiger partial charge in [0, 0.05) is 17.4 Å². The molecule has 1 fully saturated rings. The van der Waals surface area contributed by atoms with E-state index in [4.69, 9.17) is 4.74 Å². The Kier molecular flexibility index (Phi) is 14.4. The molecule has 2 N–H and O–H groups in total. The van der Waals surface area contributed by atoms with Crippen LogP contribution in [0.3, 0.4) is 0 Å². The van der Waals surface area contributed by atoms with Crippen molar-refractivity contribution in [2.24, 2.45) is 11.3 Å². The third-order valence-corrected chi connectivity index (χ3v) is 8.26. The van der Waals surface area contributed by atoms with Crippen LogP contribution in [-0.2, 0) is 9.53 Å². The topological polar surface area (TPSA) is 66.8 Å². The summed E-state index contributed by atoms with van der Waals surface area (Å²) in [6.45, 7) is 8.92. The number of carbonyl (C=O) groups is 1. The van der Waals surface area contributed by atoms with Gasteiger partial charge in [0.1, 0.15) is 0 Å². The number of aliphatic hydroxyl groups is 2. The molecule has 1 aliphatic rings. The Morgan fingerprint density at radius 3 is 2.47 bits per heavy atom. The number of carbonyl (C=O) groups excluding carboxylic acids is 1. The maximum absolute atomic E-state index is 11.4. The highest BCUT2D eigenvalue weighted by Gasteiger charge is 2.36. The first-order valence-electron chi connectivity index (χ1n) is 12.4. The Hall–Kier alpha value is -0.260. The molecule has 0 heterocycles. The van der Waals surface area contributed by atoms with Crippen molar-refractivity contribution in [3.05, 3.63) is 0 Å². The lowest BCUT2D eigenvalue weighted by Gasteiger charge is -2.32. The zero-order valence-electron chi connectivity index (χ0n) is 20.0. The van der Waals surface area contributed by atoms with Crippen LogP contribution in [-0.4, -0.2) is 46.0 Å². The Morgan fingerprint density at radius 1 is 1.07 bits per heavy atom. The summed E-state index contributed by atoms with van der Waals surface area (Å²) in [6, 6.07) is 0. The number of aliphatic hydroxyl groups excluding tert-OH is 2. The van der Waals surface area contributed by atoms with Gasteiger partial charge in [0.2, 0.25) is 0 Å². The highest BCUT2D eigenvalue weighted by Crippen LogP contribution is 2.40. The number of unbranched alkanes of at least 4 members (excludes halogenated alkanes) is 6. The van der Waals surface area contributed by atoms with Crippen molar-refractivity contribution in [3.63, 3.8) is 0 Å². The van der Waals surface area contributed by atoms with Gasteiger partial charge in [-0.3, -0.25) is 4.79 Å². The average Bonchev–Trinajstić information content (AvgIpc) is 3.05. The van der Waals surface area contributed by atoms with Crippen LogP contribution >= 0.6 is 11.8 Å². The molecule has 1 rings (SSSR count). The van der Waals surface area contributed by atoms with Crippen LogP contribution in [0.5, 0.6) is 0 Å². The molecular weight excluding hydrogens is 396 g/mol. The standard InChI is InChI=1S/C25H48O4S/c1-5-7-8-13-18-25(3,4)23(27)19-30-22-17-16-21(26)20(22)14-11-9-10-12-15-24(28)29-6-2/h20-23,26-27H,5-19H2,1-4H3. The zero-order valence-corrected chi connectivity index (χ0v) is 20.9. The van der Waals surface area contributed by atoms with E-state index < -0.39 is 0 Å². The van der Waals surface area contributed by atoms with Crippen LogP contribution in [0.25, 0.3) is 0 Å². The van der Waals surface area contributed by atoms with Crippen LogP contribution in [0.4, 0.5) is 0 Å². The van der Waals surface area contributed by atoms with Crippen LogP contribution in [0.15, 0.2) is 0 Å². The van der Waals surface area contributed by atoms with E-state index in [0.29, 0.717) is 24.2 Å². The lowest BCUT2D eigenvalue weighted by atomic mass is 9.82. The molecule has 0 bridgehead atoms. The van der Waals surface area contributed by atoms with Crippen LogP contribution < -0.4 is 0 Å². The largest absolute Gasteiger partial charge is 0.466 e. The fourth-order valence-corrected chi connectivity index (χ4v) is 6.19. The van der Waals surface area contributed by atoms with Gasteiger partial charge in [-0.05, 0) is 50.4 Å². The molecule has 4 nitrogen and oxygen atoms in total. The van der Waals surface area contributed by atoms with Gasteiger partial charge in [0.15, 0.2) is 0 Å². The quantitative estimate of drug-likeness (QED) is 0.209. The summed E-state index contributed by atoms with van der Waals surface area (Å²) in [7, 11) is 0. The number of hydrogen-bond acceptors (Lipinski definition) is 5. The number of rotatable bonds is 17. The summed E-state index contributed by atoms with van der Waals surface area (Å²) in [6.07, 6.45) is 13.3. The van der Waals surface area contributed by atoms with Crippen molar-refractivity contribution in [1.82, 2.24) is 0 Å². The summed E-state index contributed by atoms with van der Waals surface area (Å²) < 4.78 is 4.97. The van der Waals surface area contributed by atoms with Gasteiger partial charge in [-0.25, -0.2) is 0 Å². The third-order valence-electron chi connectivity index (χ3n) is 6.74. The molecular formula is C25H48O4S. The first kappa shape index (κ1) is 27.8. The summed E-state index contributed by atoms with van der Waals surface area (Å²) in [5.41, 5.74) is -0.0353. The van der Waals surface area contributed by atoms with Gasteiger partial charge in [0.05, 0.1) is 18.8 Å². The van der Waals surface area contributed by atoms with Gasteiger partial charge in [-0.15, -0.1) is 0 Å². The normalized spacial score (nSPS) is 22.9. The molecule has 4 unspecified atom stereocenters. The molecule has 0 spiro atoms. The van der Waals surface area contributed by atoms with E-state index in [1.54, 1.807) is 0 Å². The third kappa shape index (κ3) is 10.9. The first-order valence-corrected chi connectivity index (χ1v) is 13.5. The Labute approximate surface area is 189 Å². The smallest absolute Gasteiger partial charge is 0.305 e. The van der Waals surface area contributed by atoms with E-state index in [9.17, 15) is 15.0 Å². The summed E-state index contributed by atoms with van der Waals surface area (Å²) >= 11 is 1.88. The highest BCUT2D eigenvalue weighted by molar-refractivity contribution is 7.99. The minimum absolute atomic E-state index is 0.0353. The van der Waals surface area contributed by atoms with Gasteiger partial charge in [-0.1, -0.05) is 65.7 Å². The lowest BCUT2D eigenvalue weighted by molar-refractivity contribution is -0.143. The molecule has 178 valence electrons. The van der Waals surface area contributed by atoms with Crippen molar-refractivity contribution >= 4 is 17.7 Å². The number of hydrogen-bond donors (Lipinski definition) is 2. The monoisotopic (exact) mass is 444 g/mol. The second kappa shape index (κ2) is 15.5. The van der Waals surface area contributed by atoms with Crippen molar-refractivity contribution < 1.29 is 19.7 Å². The molecule has 0 saturated heterocycles. The van der Waals surface area contributed by atoms with E-state index in [2.05, 4.69) is 20.8 Å². The average molecular weight is 445 g/mol. The molecule has 0 aliphatic heterocycles. The number of ether oxygens (including phenoxy) is 1. The van der Waals surface area contributed by atoms with Gasteiger partial charge in [0.25, 0.3) is 0 Å². The molecule has 0 aromatic carbocycles. The van der Waals surface area contributed by atoms with E-state index in [1.165, 1.54) is 25.7 Å². The van der Waals surface area contributed by atoms with E-state index in [0.717, 1.165) is 57.1 Å². The molecule has 0 amide bonds. The van der Waals surface area contributed by atoms with Crippen LogP contribution in [0.2, 0.25) is 0 Å². The SMILES string of the molecule is CCCCCCC(C)(C)C(O)CSC1CCC(O)C1CCCCCCC(=O)OCC. The maximum Gasteiger partial charge on any atom is 0.305 e. The molecule has 30 heavy (non-hydrogen) atoms. The van der Waals surface area contributed by atoms with Crippen LogP contribution in [0.1, 0.15) is 111 Å². The lowest BCUT2D eigenvalue weighted by Crippen LogP contribution is -2.32. The van der Waals surface area contributed by atoms with Crippen LogP contribution in [0, 0.1) is 11.3 Å². The Morgan fingerprint density at radius 2 is 1.77 bits per heavy atom. The molecule has 4 atom stereocenters. The van der Waals surface area contributed by atoms with Crippen molar-refractivity contribution in [2.45, 2.75) is 129 Å². The molecule has 1 saturated carbocycles. The second-order valence-corrected chi connectivity index (χ2v) is 11.0. The zero-order chi connectivity index (χ0) is 22.4. The fourth-order valence-electron chi connectivity index (χ4n) is 4.45. The molecule has 1 aliphatic carbocycles. The number of esters is 1. The van der Waals surface area contributed by atoms with E-state index in [-0.39, 0.29) is 23.6 Å². The maximum atomic E-state index is 11.4. The first-order chi connectivity index (χ1) is 14.3. The molecule has 0 aromatic rings. The molecule has 0 aromatic heterocycles. The van der Waals surface area contributed by atoms with Crippen molar-refractivity contribution in [2.75, 3.05) is 12.4 Å². The summed E-state index contributed by atoms with van der Waals surface area (Å²) in [4.78, 5) is 11.4. The molecule has 0 radical (unpaired) electrons. The minimum atomic E-state index is -0.287. The van der Waals surface area contributed by atoms with E-state index >= 15 is 0 Å². The van der Waals surface area contributed by atoms with Crippen molar-refractivity contribution in [3.8, 4) is 0 Å². The predicted octanol–water partition coefficient (Wildman–Crippen LogP) is 6.12. The summed E-state index contributed by atoms with van der Waals surface area (Å²) in [5, 5.41) is 21.7. The summed E-state index contributed by atoms with van der Waals surface area (Å²) in [5.74, 6) is 1.03. The van der Waals surface area contributed by atoms with Gasteiger partial charge < -0.3 is 14.9 Å². The highest BCUT2D eigenvalue weighted by atomic mass is 32.2. The minimum Gasteiger partial charge on any atom is -0.466 e. The van der Waals surface area contributed by atoms with E-state index in [1.807, 2.05) is 18.7 Å². The Bertz CT molecular complexity index is 454. The Balaban J connectivity index is 2.28. The molecule has 5 heteroatoms.